The maximum Gasteiger partial charge on any atom is 0.255 e. The van der Waals surface area contributed by atoms with E-state index in [-0.39, 0.29) is 17.7 Å². The Labute approximate surface area is 110 Å². The zero-order valence-electron chi connectivity index (χ0n) is 10.3. The van der Waals surface area contributed by atoms with Crippen molar-refractivity contribution in [2.45, 2.75) is 26.8 Å². The van der Waals surface area contributed by atoms with Crippen LogP contribution in [0.25, 0.3) is 0 Å². The number of hydrogen-bond donors (Lipinski definition) is 2. The highest BCUT2D eigenvalue weighted by Crippen LogP contribution is 2.19. The van der Waals surface area contributed by atoms with Gasteiger partial charge in [-0.25, -0.2) is 0 Å². The largest absolute Gasteiger partial charge is 0.507 e. The predicted molar refractivity (Wildman–Crippen MR) is 72.7 cm³/mol. The van der Waals surface area contributed by atoms with Gasteiger partial charge in [0.15, 0.2) is 0 Å². The number of hydrogen-bond acceptors (Lipinski definition) is 2. The molecule has 0 saturated carbocycles. The van der Waals surface area contributed by atoms with Gasteiger partial charge in [0.05, 0.1) is 5.56 Å². The molecular formula is C13H18BrNO2. The van der Waals surface area contributed by atoms with Gasteiger partial charge in [0.2, 0.25) is 0 Å². The van der Waals surface area contributed by atoms with Crippen LogP contribution in [0.2, 0.25) is 0 Å². The molecule has 17 heavy (non-hydrogen) atoms. The second-order valence-corrected chi connectivity index (χ2v) is 5.15. The average Bonchev–Trinajstić information content (AvgIpc) is 2.24. The Morgan fingerprint density at radius 3 is 2.59 bits per heavy atom. The van der Waals surface area contributed by atoms with Gasteiger partial charge in [0.1, 0.15) is 5.75 Å². The second-order valence-electron chi connectivity index (χ2n) is 4.50. The van der Waals surface area contributed by atoms with Gasteiger partial charge in [-0.15, -0.1) is 0 Å². The van der Waals surface area contributed by atoms with E-state index in [9.17, 15) is 9.90 Å². The zero-order valence-corrected chi connectivity index (χ0v) is 11.9. The number of amides is 1. The summed E-state index contributed by atoms with van der Waals surface area (Å²) >= 11 is 3.37. The molecule has 0 aromatic heterocycles. The van der Waals surface area contributed by atoms with E-state index in [1.165, 1.54) is 0 Å². The molecular weight excluding hydrogens is 282 g/mol. The van der Waals surface area contributed by atoms with Crippen LogP contribution in [-0.4, -0.2) is 22.4 Å². The molecule has 1 atom stereocenters. The molecule has 0 bridgehead atoms. The van der Waals surface area contributed by atoms with Crippen molar-refractivity contribution in [3.63, 3.8) is 0 Å². The van der Waals surface area contributed by atoms with Crippen LogP contribution in [0.3, 0.4) is 0 Å². The molecule has 1 unspecified atom stereocenters. The van der Waals surface area contributed by atoms with Crippen LogP contribution in [0, 0.1) is 12.8 Å². The topological polar surface area (TPSA) is 49.3 Å². The van der Waals surface area contributed by atoms with Crippen molar-refractivity contribution in [2.75, 3.05) is 5.33 Å². The molecule has 1 amide bonds. The smallest absolute Gasteiger partial charge is 0.255 e. The fraction of sp³-hybridized carbons (Fsp3) is 0.462. The van der Waals surface area contributed by atoms with Gasteiger partial charge in [0, 0.05) is 11.4 Å². The Kier molecular flexibility index (Phi) is 5.00. The Morgan fingerprint density at radius 1 is 1.47 bits per heavy atom. The maximum absolute atomic E-state index is 12.0. The Balaban J connectivity index is 2.82. The minimum absolute atomic E-state index is 0.0274. The minimum atomic E-state index is -0.236. The summed E-state index contributed by atoms with van der Waals surface area (Å²) in [6, 6.07) is 5.11. The van der Waals surface area contributed by atoms with Crippen LogP contribution in [0.1, 0.15) is 29.8 Å². The molecule has 1 aromatic rings. The molecule has 1 aromatic carbocycles. The molecule has 94 valence electrons. The third kappa shape index (κ3) is 3.73. The number of rotatable bonds is 4. The van der Waals surface area contributed by atoms with E-state index in [0.717, 1.165) is 5.56 Å². The van der Waals surface area contributed by atoms with E-state index in [1.807, 2.05) is 26.8 Å². The number of alkyl halides is 1. The van der Waals surface area contributed by atoms with Crippen LogP contribution in [0.5, 0.6) is 5.75 Å². The Morgan fingerprint density at radius 2 is 2.12 bits per heavy atom. The molecule has 0 spiro atoms. The number of aromatic hydroxyl groups is 1. The summed E-state index contributed by atoms with van der Waals surface area (Å²) in [5.41, 5.74) is 1.25. The van der Waals surface area contributed by atoms with E-state index in [0.29, 0.717) is 16.8 Å². The predicted octanol–water partition coefficient (Wildman–Crippen LogP) is 2.85. The molecule has 0 radical (unpaired) electrons. The molecule has 0 aliphatic heterocycles. The van der Waals surface area contributed by atoms with Crippen molar-refractivity contribution < 1.29 is 9.90 Å². The van der Waals surface area contributed by atoms with Crippen molar-refractivity contribution in [2.24, 2.45) is 5.92 Å². The van der Waals surface area contributed by atoms with Crippen LogP contribution in [0.4, 0.5) is 0 Å². The first-order valence-electron chi connectivity index (χ1n) is 5.62. The second kappa shape index (κ2) is 6.05. The third-order valence-corrected chi connectivity index (χ3v) is 3.38. The SMILES string of the molecule is Cc1ccc(C(=O)NC(CBr)C(C)C)c(O)c1. The Bertz CT molecular complexity index is 404. The fourth-order valence-electron chi connectivity index (χ4n) is 1.46. The first-order valence-corrected chi connectivity index (χ1v) is 6.74. The monoisotopic (exact) mass is 299 g/mol. The first kappa shape index (κ1) is 14.0. The molecule has 0 fully saturated rings. The van der Waals surface area contributed by atoms with E-state index < -0.39 is 0 Å². The molecule has 2 N–H and O–H groups in total. The fourth-order valence-corrected chi connectivity index (χ4v) is 2.37. The van der Waals surface area contributed by atoms with Crippen molar-refractivity contribution in [1.29, 1.82) is 0 Å². The van der Waals surface area contributed by atoms with E-state index in [2.05, 4.69) is 21.2 Å². The van der Waals surface area contributed by atoms with Crippen LogP contribution in [-0.2, 0) is 0 Å². The van der Waals surface area contributed by atoms with Crippen molar-refractivity contribution in [3.05, 3.63) is 29.3 Å². The minimum Gasteiger partial charge on any atom is -0.507 e. The summed E-state index contributed by atoms with van der Waals surface area (Å²) < 4.78 is 0. The lowest BCUT2D eigenvalue weighted by molar-refractivity contribution is 0.0929. The quantitative estimate of drug-likeness (QED) is 0.840. The number of aryl methyl sites for hydroxylation is 1. The standard InChI is InChI=1S/C13H18BrNO2/c1-8(2)11(7-14)15-13(17)10-5-4-9(3)6-12(10)16/h4-6,8,11,16H,7H2,1-3H3,(H,15,17). The molecule has 0 aliphatic rings. The van der Waals surface area contributed by atoms with E-state index in [4.69, 9.17) is 0 Å². The summed E-state index contributed by atoms with van der Waals surface area (Å²) in [4.78, 5) is 12.0. The summed E-state index contributed by atoms with van der Waals surface area (Å²) in [5.74, 6) is 0.131. The van der Waals surface area contributed by atoms with Crippen molar-refractivity contribution >= 4 is 21.8 Å². The van der Waals surface area contributed by atoms with E-state index in [1.54, 1.807) is 12.1 Å². The normalized spacial score (nSPS) is 12.5. The molecule has 0 heterocycles. The molecule has 0 saturated heterocycles. The van der Waals surface area contributed by atoms with Gasteiger partial charge in [-0.3, -0.25) is 4.79 Å². The highest BCUT2D eigenvalue weighted by Gasteiger charge is 2.17. The van der Waals surface area contributed by atoms with Gasteiger partial charge in [0.25, 0.3) is 5.91 Å². The van der Waals surface area contributed by atoms with E-state index >= 15 is 0 Å². The zero-order chi connectivity index (χ0) is 13.0. The number of benzene rings is 1. The number of carbonyl (C=O) groups excluding carboxylic acids is 1. The van der Waals surface area contributed by atoms with Crippen molar-refractivity contribution in [1.82, 2.24) is 5.32 Å². The third-order valence-electron chi connectivity index (χ3n) is 2.69. The first-order chi connectivity index (χ1) is 7.95. The van der Waals surface area contributed by atoms with Crippen LogP contribution >= 0.6 is 15.9 Å². The van der Waals surface area contributed by atoms with Crippen molar-refractivity contribution in [3.8, 4) is 5.75 Å². The highest BCUT2D eigenvalue weighted by molar-refractivity contribution is 9.09. The van der Waals surface area contributed by atoms with Gasteiger partial charge in [-0.1, -0.05) is 35.8 Å². The lowest BCUT2D eigenvalue weighted by Crippen LogP contribution is -2.39. The number of carbonyl (C=O) groups is 1. The van der Waals surface area contributed by atoms with Gasteiger partial charge >= 0.3 is 0 Å². The summed E-state index contributed by atoms with van der Waals surface area (Å²) in [5, 5.41) is 13.3. The van der Waals surface area contributed by atoms with Gasteiger partial charge < -0.3 is 10.4 Å². The van der Waals surface area contributed by atoms with Gasteiger partial charge in [-0.05, 0) is 30.5 Å². The van der Waals surface area contributed by atoms with Crippen LogP contribution < -0.4 is 5.32 Å². The number of phenolic OH excluding ortho intramolecular Hbond substituents is 1. The number of nitrogens with one attached hydrogen (secondary N) is 1. The molecule has 4 heteroatoms. The summed E-state index contributed by atoms with van der Waals surface area (Å²) in [6.07, 6.45) is 0. The average molecular weight is 300 g/mol. The number of phenols is 1. The Hall–Kier alpha value is -1.03. The lowest BCUT2D eigenvalue weighted by Gasteiger charge is -2.20. The summed E-state index contributed by atoms with van der Waals surface area (Å²) in [7, 11) is 0. The molecule has 3 nitrogen and oxygen atoms in total. The number of halogens is 1. The van der Waals surface area contributed by atoms with Gasteiger partial charge in [-0.2, -0.15) is 0 Å². The molecule has 1 rings (SSSR count). The summed E-state index contributed by atoms with van der Waals surface area (Å²) in [6.45, 7) is 5.96. The highest BCUT2D eigenvalue weighted by atomic mass is 79.9. The van der Waals surface area contributed by atoms with Crippen LogP contribution in [0.15, 0.2) is 18.2 Å². The maximum atomic E-state index is 12.0. The molecule has 0 aliphatic carbocycles. The lowest BCUT2D eigenvalue weighted by atomic mass is 10.1.